The topological polar surface area (TPSA) is 79.1 Å². The molecule has 0 N–H and O–H groups in total. The number of tetrazole rings is 1. The highest BCUT2D eigenvalue weighted by molar-refractivity contribution is 7.98. The summed E-state index contributed by atoms with van der Waals surface area (Å²) in [5.74, 6) is 2.33. The molecule has 1 aromatic heterocycles. The maximum absolute atomic E-state index is 12.1. The van der Waals surface area contributed by atoms with Gasteiger partial charge in [0, 0.05) is 5.82 Å². The first-order valence-electron chi connectivity index (χ1n) is 11.9. The van der Waals surface area contributed by atoms with Gasteiger partial charge in [0.15, 0.2) is 0 Å². The summed E-state index contributed by atoms with van der Waals surface area (Å²) in [7, 11) is -2.11. The third-order valence-electron chi connectivity index (χ3n) is 5.56. The van der Waals surface area contributed by atoms with Crippen molar-refractivity contribution in [3.8, 4) is 11.4 Å². The second-order valence-electron chi connectivity index (χ2n) is 7.87. The monoisotopic (exact) mass is 506 g/mol. The summed E-state index contributed by atoms with van der Waals surface area (Å²) in [5.41, 5.74) is 0.942. The van der Waals surface area contributed by atoms with E-state index < -0.39 is 7.26 Å². The lowest BCUT2D eigenvalue weighted by molar-refractivity contribution is -0.137. The van der Waals surface area contributed by atoms with Gasteiger partial charge in [-0.25, -0.2) is 4.79 Å². The predicted octanol–water partition coefficient (Wildman–Crippen LogP) is 4.55. The summed E-state index contributed by atoms with van der Waals surface area (Å²) in [6.07, 6.45) is 1.59. The molecule has 7 heteroatoms. The Balaban J connectivity index is 0.000000241. The average molecular weight is 507 g/mol. The van der Waals surface area contributed by atoms with Gasteiger partial charge in [-0.05, 0) is 48.9 Å². The van der Waals surface area contributed by atoms with Crippen molar-refractivity contribution in [2.24, 2.45) is 0 Å². The maximum Gasteiger partial charge on any atom is 0.334 e. The van der Waals surface area contributed by atoms with Crippen molar-refractivity contribution in [2.75, 3.05) is 6.61 Å². The molecule has 5 rings (SSSR count). The zero-order valence-electron chi connectivity index (χ0n) is 20.5. The van der Waals surface area contributed by atoms with Gasteiger partial charge in [-0.1, -0.05) is 84.9 Å². The van der Waals surface area contributed by atoms with Gasteiger partial charge >= 0.3 is 5.97 Å². The van der Waals surface area contributed by atoms with Gasteiger partial charge in [0.2, 0.25) is 0 Å². The molecule has 0 unspecified atom stereocenters. The van der Waals surface area contributed by atoms with Crippen LogP contribution in [0.2, 0.25) is 0 Å². The van der Waals surface area contributed by atoms with Gasteiger partial charge in [0.1, 0.15) is 23.2 Å². The first-order chi connectivity index (χ1) is 18.2. The molecule has 4 aromatic carbocycles. The molecule has 184 valence electrons. The summed E-state index contributed by atoms with van der Waals surface area (Å²) in [4.78, 5) is 12.1. The molecule has 0 aliphatic rings. The third kappa shape index (κ3) is 6.43. The molecule has 6 nitrogen and oxygen atoms in total. The highest BCUT2D eigenvalue weighted by atomic mass is 31.2. The standard InChI is InChI=1S/C23H22O2P.C7H5N4/c1-2-25-23(24)18-19-26(20-12-6-3-7-13-20,21-14-8-4-9-15-21)22-16-10-5-11-17-22;1-2-4-6(5-3-1)7-8-10-11-9-7/h3-19H,2H2,1H3;1-5H/q+1;-1/b19-18-;. The van der Waals surface area contributed by atoms with Crippen LogP contribution in [0.3, 0.4) is 0 Å². The van der Waals surface area contributed by atoms with Crippen LogP contribution >= 0.6 is 7.26 Å². The van der Waals surface area contributed by atoms with Crippen LogP contribution in [0, 0.1) is 0 Å². The van der Waals surface area contributed by atoms with E-state index in [1.165, 1.54) is 15.9 Å². The van der Waals surface area contributed by atoms with E-state index in [2.05, 4.69) is 62.8 Å². The number of hydrogen-bond donors (Lipinski definition) is 0. The second-order valence-corrected chi connectivity index (χ2v) is 11.2. The number of ether oxygens (including phenoxy) is 1. The summed E-state index contributed by atoms with van der Waals surface area (Å²) in [6, 6.07) is 40.8. The molecule has 0 aliphatic heterocycles. The van der Waals surface area contributed by atoms with Crippen LogP contribution < -0.4 is 21.0 Å². The smallest absolute Gasteiger partial charge is 0.334 e. The molecule has 37 heavy (non-hydrogen) atoms. The number of carbonyl (C=O) groups excluding carboxylic acids is 1. The minimum absolute atomic E-state index is 0.306. The summed E-state index contributed by atoms with van der Waals surface area (Å²) in [6.45, 7) is 2.19. The highest BCUT2D eigenvalue weighted by Crippen LogP contribution is 2.56. The lowest BCUT2D eigenvalue weighted by atomic mass is 10.2. The fourth-order valence-corrected chi connectivity index (χ4v) is 7.59. The van der Waals surface area contributed by atoms with Crippen molar-refractivity contribution in [3.63, 3.8) is 0 Å². The van der Waals surface area contributed by atoms with Crippen LogP contribution in [0.15, 0.2) is 133 Å². The van der Waals surface area contributed by atoms with Crippen LogP contribution in [0.5, 0.6) is 0 Å². The maximum atomic E-state index is 12.1. The summed E-state index contributed by atoms with van der Waals surface area (Å²) < 4.78 is 5.14. The zero-order valence-corrected chi connectivity index (χ0v) is 21.4. The Kier molecular flexibility index (Phi) is 9.06. The van der Waals surface area contributed by atoms with Crippen LogP contribution in [-0.2, 0) is 9.53 Å². The van der Waals surface area contributed by atoms with Crippen molar-refractivity contribution in [1.82, 2.24) is 20.6 Å². The van der Waals surface area contributed by atoms with E-state index in [4.69, 9.17) is 4.74 Å². The lowest BCUT2D eigenvalue weighted by Crippen LogP contribution is -2.29. The second kappa shape index (κ2) is 13.1. The van der Waals surface area contributed by atoms with Crippen molar-refractivity contribution in [3.05, 3.63) is 133 Å². The van der Waals surface area contributed by atoms with Crippen molar-refractivity contribution in [1.29, 1.82) is 0 Å². The average Bonchev–Trinajstić information content (AvgIpc) is 3.52. The van der Waals surface area contributed by atoms with Crippen LogP contribution in [0.4, 0.5) is 0 Å². The number of benzene rings is 4. The number of hydrogen-bond acceptors (Lipinski definition) is 5. The highest BCUT2D eigenvalue weighted by Gasteiger charge is 2.43. The van der Waals surface area contributed by atoms with Gasteiger partial charge in [-0.15, -0.1) is 0 Å². The Hall–Kier alpha value is -4.41. The van der Waals surface area contributed by atoms with E-state index in [1.54, 1.807) is 6.08 Å². The molecule has 5 aromatic rings. The molecule has 1 heterocycles. The summed E-state index contributed by atoms with van der Waals surface area (Å²) >= 11 is 0. The minimum Gasteiger partial charge on any atom is -0.463 e. The molecule has 0 aliphatic carbocycles. The fourth-order valence-electron chi connectivity index (χ4n) is 3.91. The Bertz CT molecular complexity index is 1280. The van der Waals surface area contributed by atoms with Gasteiger partial charge in [0.25, 0.3) is 0 Å². The van der Waals surface area contributed by atoms with Gasteiger partial charge in [-0.2, -0.15) is 5.21 Å². The molecule has 0 bridgehead atoms. The van der Waals surface area contributed by atoms with E-state index >= 15 is 0 Å². The molecular formula is C30H27N4O2P. The quantitative estimate of drug-likeness (QED) is 0.183. The summed E-state index contributed by atoms with van der Waals surface area (Å²) in [5, 5.41) is 17.8. The van der Waals surface area contributed by atoms with Gasteiger partial charge < -0.3 is 9.84 Å². The first-order valence-corrected chi connectivity index (χ1v) is 13.8. The van der Waals surface area contributed by atoms with Gasteiger partial charge in [-0.3, -0.25) is 10.3 Å². The molecule has 0 amide bonds. The molecule has 0 spiro atoms. The van der Waals surface area contributed by atoms with E-state index in [-0.39, 0.29) is 5.97 Å². The molecule has 0 saturated carbocycles. The minimum atomic E-state index is -2.11. The number of rotatable bonds is 7. The third-order valence-corrected chi connectivity index (χ3v) is 9.50. The van der Waals surface area contributed by atoms with Crippen LogP contribution in [-0.4, -0.2) is 28.1 Å². The number of nitrogens with zero attached hydrogens (tertiary/aromatic N) is 4. The Morgan fingerprint density at radius 3 is 1.62 bits per heavy atom. The Morgan fingerprint density at radius 1 is 0.757 bits per heavy atom. The normalized spacial score (nSPS) is 10.9. The zero-order chi connectivity index (χ0) is 25.8. The van der Waals surface area contributed by atoms with E-state index in [9.17, 15) is 4.79 Å². The van der Waals surface area contributed by atoms with Crippen molar-refractivity contribution in [2.45, 2.75) is 6.92 Å². The van der Waals surface area contributed by atoms with Crippen LogP contribution in [0.1, 0.15) is 6.92 Å². The number of aromatic nitrogens is 4. The lowest BCUT2D eigenvalue weighted by Gasteiger charge is -2.23. The van der Waals surface area contributed by atoms with Gasteiger partial charge in [0.05, 0.1) is 18.5 Å². The van der Waals surface area contributed by atoms with E-state index in [0.717, 1.165) is 5.56 Å². The SMILES string of the molecule is CCOC(=O)/C=C\[P+](c1ccccc1)(c1ccccc1)c1ccccc1.c1ccc(-c2nnn[n-]2)cc1. The largest absolute Gasteiger partial charge is 0.463 e. The molecule has 0 fully saturated rings. The Morgan fingerprint density at radius 2 is 1.22 bits per heavy atom. The van der Waals surface area contributed by atoms with Crippen molar-refractivity contribution < 1.29 is 9.53 Å². The van der Waals surface area contributed by atoms with Crippen LogP contribution in [0.25, 0.3) is 11.4 Å². The molecule has 0 radical (unpaired) electrons. The molecular weight excluding hydrogens is 479 g/mol. The molecule has 0 saturated heterocycles. The molecule has 0 atom stereocenters. The predicted molar refractivity (Wildman–Crippen MR) is 150 cm³/mol. The number of esters is 1. The fraction of sp³-hybridized carbons (Fsp3) is 0.0667. The first kappa shape index (κ1) is 25.7. The Labute approximate surface area is 217 Å². The number of carbonyl (C=O) groups is 1. The van der Waals surface area contributed by atoms with E-state index in [0.29, 0.717) is 12.4 Å². The van der Waals surface area contributed by atoms with Crippen molar-refractivity contribution >= 4 is 29.1 Å². The van der Waals surface area contributed by atoms with E-state index in [1.807, 2.05) is 91.9 Å².